The van der Waals surface area contributed by atoms with Gasteiger partial charge in [0.1, 0.15) is 11.5 Å². The first-order chi connectivity index (χ1) is 13.1. The van der Waals surface area contributed by atoms with Crippen molar-refractivity contribution in [2.75, 3.05) is 14.2 Å². The molecule has 0 aliphatic heterocycles. The third-order valence-corrected chi connectivity index (χ3v) is 5.16. The molecule has 0 unspecified atom stereocenters. The molecule has 140 valence electrons. The van der Waals surface area contributed by atoms with Gasteiger partial charge in [-0.1, -0.05) is 36.4 Å². The number of benzene rings is 3. The Bertz CT molecular complexity index is 955. The minimum atomic E-state index is 0.0110. The monoisotopic (exact) mass is 427 g/mol. The largest absolute Gasteiger partial charge is 0.496 e. The zero-order chi connectivity index (χ0) is 19.2. The van der Waals surface area contributed by atoms with Crippen molar-refractivity contribution in [3.8, 4) is 11.5 Å². The number of nitrogens with one attached hydrogen (secondary N) is 1. The van der Waals surface area contributed by atoms with Crippen LogP contribution in [0.5, 0.6) is 11.5 Å². The molecular formula is C22H22BrNO3. The molecule has 1 N–H and O–H groups in total. The van der Waals surface area contributed by atoms with E-state index < -0.39 is 0 Å². The second kappa shape index (κ2) is 8.91. The maximum absolute atomic E-state index is 12.3. The SMILES string of the molecule is COc1ccc(CCC(=O)NCc2c(OC)ccc3ccccc23)cc1Br. The molecule has 1 amide bonds. The summed E-state index contributed by atoms with van der Waals surface area (Å²) in [6.45, 7) is 0.440. The number of aryl methyl sites for hydroxylation is 1. The smallest absolute Gasteiger partial charge is 0.220 e. The van der Waals surface area contributed by atoms with Crippen LogP contribution in [-0.2, 0) is 17.8 Å². The van der Waals surface area contributed by atoms with Gasteiger partial charge in [-0.3, -0.25) is 4.79 Å². The summed E-state index contributed by atoms with van der Waals surface area (Å²) in [6.07, 6.45) is 1.09. The van der Waals surface area contributed by atoms with Crippen molar-refractivity contribution in [1.29, 1.82) is 0 Å². The number of carbonyl (C=O) groups excluding carboxylic acids is 1. The molecule has 0 aliphatic carbocycles. The van der Waals surface area contributed by atoms with Gasteiger partial charge in [0.15, 0.2) is 0 Å². The van der Waals surface area contributed by atoms with Crippen LogP contribution >= 0.6 is 15.9 Å². The van der Waals surface area contributed by atoms with E-state index in [4.69, 9.17) is 9.47 Å². The van der Waals surface area contributed by atoms with E-state index >= 15 is 0 Å². The lowest BCUT2D eigenvalue weighted by Gasteiger charge is -2.13. The van der Waals surface area contributed by atoms with Crippen LogP contribution in [0, 0.1) is 0 Å². The molecule has 3 aromatic carbocycles. The van der Waals surface area contributed by atoms with Gasteiger partial charge in [0.05, 0.1) is 18.7 Å². The number of halogens is 1. The third-order valence-electron chi connectivity index (χ3n) is 4.54. The van der Waals surface area contributed by atoms with Crippen LogP contribution in [-0.4, -0.2) is 20.1 Å². The fourth-order valence-electron chi connectivity index (χ4n) is 3.09. The molecule has 0 atom stereocenters. The minimum absolute atomic E-state index is 0.0110. The Morgan fingerprint density at radius 3 is 2.48 bits per heavy atom. The maximum atomic E-state index is 12.3. The molecule has 5 heteroatoms. The van der Waals surface area contributed by atoms with Crippen LogP contribution < -0.4 is 14.8 Å². The summed E-state index contributed by atoms with van der Waals surface area (Å²) in [5.41, 5.74) is 2.08. The molecule has 0 spiro atoms. The number of rotatable bonds is 7. The Morgan fingerprint density at radius 2 is 1.74 bits per heavy atom. The standard InChI is InChI=1S/C22H22BrNO3/c1-26-20-11-9-16-5-3-4-6-17(16)18(20)14-24-22(25)12-8-15-7-10-21(27-2)19(23)13-15/h3-7,9-11,13H,8,12,14H2,1-2H3,(H,24,25). The summed E-state index contributed by atoms with van der Waals surface area (Å²) < 4.78 is 11.6. The van der Waals surface area contributed by atoms with E-state index in [0.29, 0.717) is 19.4 Å². The number of hydrogen-bond donors (Lipinski definition) is 1. The lowest BCUT2D eigenvalue weighted by molar-refractivity contribution is -0.121. The second-order valence-electron chi connectivity index (χ2n) is 6.21. The average molecular weight is 428 g/mol. The van der Waals surface area contributed by atoms with Gasteiger partial charge in [-0.15, -0.1) is 0 Å². The summed E-state index contributed by atoms with van der Waals surface area (Å²) in [5, 5.41) is 5.24. The first-order valence-corrected chi connectivity index (χ1v) is 9.55. The second-order valence-corrected chi connectivity index (χ2v) is 7.07. The Morgan fingerprint density at radius 1 is 1.00 bits per heavy atom. The van der Waals surface area contributed by atoms with E-state index in [1.165, 1.54) is 0 Å². The van der Waals surface area contributed by atoms with E-state index in [2.05, 4.69) is 27.3 Å². The number of methoxy groups -OCH3 is 2. The van der Waals surface area contributed by atoms with E-state index in [1.54, 1.807) is 14.2 Å². The summed E-state index contributed by atoms with van der Waals surface area (Å²) in [5.74, 6) is 1.58. The highest BCUT2D eigenvalue weighted by molar-refractivity contribution is 9.10. The first-order valence-electron chi connectivity index (χ1n) is 8.76. The summed E-state index contributed by atoms with van der Waals surface area (Å²) in [4.78, 5) is 12.3. The fraction of sp³-hybridized carbons (Fsp3) is 0.227. The maximum Gasteiger partial charge on any atom is 0.220 e. The number of amides is 1. The topological polar surface area (TPSA) is 47.6 Å². The van der Waals surface area contributed by atoms with Crippen LogP contribution in [0.2, 0.25) is 0 Å². The quantitative estimate of drug-likeness (QED) is 0.584. The summed E-state index contributed by atoms with van der Waals surface area (Å²) >= 11 is 3.48. The van der Waals surface area contributed by atoms with Crippen LogP contribution in [0.4, 0.5) is 0 Å². The Hall–Kier alpha value is -2.53. The van der Waals surface area contributed by atoms with Gasteiger partial charge in [-0.05, 0) is 56.9 Å². The number of fused-ring (bicyclic) bond motifs is 1. The van der Waals surface area contributed by atoms with Crippen molar-refractivity contribution in [2.45, 2.75) is 19.4 Å². The fourth-order valence-corrected chi connectivity index (χ4v) is 3.68. The van der Waals surface area contributed by atoms with Crippen molar-refractivity contribution in [3.63, 3.8) is 0 Å². The van der Waals surface area contributed by atoms with Crippen LogP contribution in [0.25, 0.3) is 10.8 Å². The zero-order valence-electron chi connectivity index (χ0n) is 15.4. The minimum Gasteiger partial charge on any atom is -0.496 e. The molecular weight excluding hydrogens is 406 g/mol. The highest BCUT2D eigenvalue weighted by atomic mass is 79.9. The molecule has 0 aromatic heterocycles. The highest BCUT2D eigenvalue weighted by Crippen LogP contribution is 2.28. The van der Waals surface area contributed by atoms with Crippen molar-refractivity contribution in [1.82, 2.24) is 5.32 Å². The van der Waals surface area contributed by atoms with Crippen molar-refractivity contribution < 1.29 is 14.3 Å². The lowest BCUT2D eigenvalue weighted by Crippen LogP contribution is -2.23. The highest BCUT2D eigenvalue weighted by Gasteiger charge is 2.10. The van der Waals surface area contributed by atoms with Crippen molar-refractivity contribution >= 4 is 32.6 Å². The molecule has 0 radical (unpaired) electrons. The van der Waals surface area contributed by atoms with Crippen molar-refractivity contribution in [3.05, 3.63) is 70.2 Å². The summed E-state index contributed by atoms with van der Waals surface area (Å²) in [6, 6.07) is 17.9. The molecule has 0 bridgehead atoms. The van der Waals surface area contributed by atoms with Gasteiger partial charge in [0.25, 0.3) is 0 Å². The molecule has 3 aromatic rings. The Kier molecular flexibility index (Phi) is 6.35. The predicted octanol–water partition coefficient (Wildman–Crippen LogP) is 4.87. The number of carbonyl (C=O) groups is 1. The van der Waals surface area contributed by atoms with Gasteiger partial charge in [-0.2, -0.15) is 0 Å². The molecule has 0 fully saturated rings. The summed E-state index contributed by atoms with van der Waals surface area (Å²) in [7, 11) is 3.28. The molecule has 0 saturated heterocycles. The normalized spacial score (nSPS) is 10.6. The van der Waals surface area contributed by atoms with Crippen LogP contribution in [0.3, 0.4) is 0 Å². The molecule has 0 aliphatic rings. The van der Waals surface area contributed by atoms with E-state index in [0.717, 1.165) is 37.9 Å². The molecule has 0 heterocycles. The van der Waals surface area contributed by atoms with E-state index in [-0.39, 0.29) is 5.91 Å². The van der Waals surface area contributed by atoms with Gasteiger partial charge in [0, 0.05) is 18.5 Å². The lowest BCUT2D eigenvalue weighted by atomic mass is 10.0. The Balaban J connectivity index is 1.64. The van der Waals surface area contributed by atoms with Crippen molar-refractivity contribution in [2.24, 2.45) is 0 Å². The third kappa shape index (κ3) is 4.61. The van der Waals surface area contributed by atoms with Crippen LogP contribution in [0.1, 0.15) is 17.5 Å². The predicted molar refractivity (Wildman–Crippen MR) is 111 cm³/mol. The molecule has 4 nitrogen and oxygen atoms in total. The van der Waals surface area contributed by atoms with E-state index in [9.17, 15) is 4.79 Å². The average Bonchev–Trinajstić information content (AvgIpc) is 2.70. The first kappa shape index (κ1) is 19.2. The number of ether oxygens (including phenoxy) is 2. The molecule has 3 rings (SSSR count). The van der Waals surface area contributed by atoms with Gasteiger partial charge in [-0.25, -0.2) is 0 Å². The number of hydrogen-bond acceptors (Lipinski definition) is 3. The molecule has 27 heavy (non-hydrogen) atoms. The van der Waals surface area contributed by atoms with Gasteiger partial charge in [0.2, 0.25) is 5.91 Å². The Labute approximate surface area is 167 Å². The van der Waals surface area contributed by atoms with Crippen LogP contribution in [0.15, 0.2) is 59.1 Å². The van der Waals surface area contributed by atoms with Gasteiger partial charge < -0.3 is 14.8 Å². The zero-order valence-corrected chi connectivity index (χ0v) is 17.0. The van der Waals surface area contributed by atoms with E-state index in [1.807, 2.05) is 48.5 Å². The van der Waals surface area contributed by atoms with Gasteiger partial charge >= 0.3 is 0 Å². The molecule has 0 saturated carbocycles.